The fourth-order valence-electron chi connectivity index (χ4n) is 1.84. The van der Waals surface area contributed by atoms with Gasteiger partial charge in [0.05, 0.1) is 0 Å². The van der Waals surface area contributed by atoms with E-state index >= 15 is 0 Å². The summed E-state index contributed by atoms with van der Waals surface area (Å²) < 4.78 is 5.59. The second-order valence-electron chi connectivity index (χ2n) is 4.16. The molecule has 0 fully saturated rings. The van der Waals surface area contributed by atoms with Crippen LogP contribution in [0.15, 0.2) is 28.7 Å². The van der Waals surface area contributed by atoms with Crippen molar-refractivity contribution in [3.05, 3.63) is 41.3 Å². The lowest BCUT2D eigenvalue weighted by molar-refractivity contribution is 0.0689. The van der Waals surface area contributed by atoms with Crippen LogP contribution in [-0.2, 0) is 6.42 Å². The molecule has 18 heavy (non-hydrogen) atoms. The molecule has 0 aliphatic carbocycles. The third kappa shape index (κ3) is 2.27. The van der Waals surface area contributed by atoms with E-state index < -0.39 is 5.97 Å². The lowest BCUT2D eigenvalue weighted by Gasteiger charge is -1.99. The number of oxazole rings is 1. The minimum absolute atomic E-state index is 0.0232. The first-order chi connectivity index (χ1) is 8.63. The minimum atomic E-state index is -1.04. The maximum absolute atomic E-state index is 11.1. The highest BCUT2D eigenvalue weighted by Gasteiger charge is 2.20. The number of carboxylic acids is 1. The van der Waals surface area contributed by atoms with Crippen molar-refractivity contribution in [2.45, 2.75) is 26.7 Å². The molecule has 2 aromatic rings. The Morgan fingerprint density at radius 3 is 2.72 bits per heavy atom. The van der Waals surface area contributed by atoms with Gasteiger partial charge in [-0.15, -0.1) is 0 Å². The minimum Gasteiger partial charge on any atom is -0.476 e. The van der Waals surface area contributed by atoms with E-state index in [1.807, 2.05) is 38.1 Å². The van der Waals surface area contributed by atoms with Gasteiger partial charge in [-0.2, -0.15) is 0 Å². The van der Waals surface area contributed by atoms with Gasteiger partial charge in [0.1, 0.15) is 5.76 Å². The van der Waals surface area contributed by atoms with E-state index in [0.717, 1.165) is 17.5 Å². The smallest absolute Gasteiger partial charge is 0.358 e. The number of carboxylic acid groups (broad SMARTS) is 1. The van der Waals surface area contributed by atoms with E-state index in [4.69, 9.17) is 9.52 Å². The Morgan fingerprint density at radius 1 is 1.39 bits per heavy atom. The van der Waals surface area contributed by atoms with Crippen LogP contribution < -0.4 is 0 Å². The fourth-order valence-corrected chi connectivity index (χ4v) is 1.84. The van der Waals surface area contributed by atoms with Crippen LogP contribution in [-0.4, -0.2) is 16.1 Å². The largest absolute Gasteiger partial charge is 0.476 e. The summed E-state index contributed by atoms with van der Waals surface area (Å²) in [5.74, 6) is -0.209. The zero-order chi connectivity index (χ0) is 13.1. The monoisotopic (exact) mass is 245 g/mol. The number of aryl methyl sites for hydroxylation is 2. The Labute approximate surface area is 105 Å². The number of nitrogens with zero attached hydrogens (tertiary/aromatic N) is 1. The summed E-state index contributed by atoms with van der Waals surface area (Å²) in [6, 6.07) is 7.63. The predicted molar refractivity (Wildman–Crippen MR) is 67.6 cm³/mol. The van der Waals surface area contributed by atoms with Crippen molar-refractivity contribution in [2.24, 2.45) is 0 Å². The van der Waals surface area contributed by atoms with Crippen molar-refractivity contribution < 1.29 is 14.3 Å². The fraction of sp³-hybridized carbons (Fsp3) is 0.286. The van der Waals surface area contributed by atoms with E-state index in [-0.39, 0.29) is 5.69 Å². The third-order valence-electron chi connectivity index (χ3n) is 2.75. The van der Waals surface area contributed by atoms with E-state index in [1.165, 1.54) is 0 Å². The molecule has 0 saturated heterocycles. The standard InChI is InChI=1S/C14H15NO3/c1-3-6-11-12(14(16)17)15-13(18-11)10-8-5-4-7-9(10)2/h4-5,7-8H,3,6H2,1-2H3,(H,16,17). The molecular formula is C14H15NO3. The molecule has 0 atom stereocenters. The van der Waals surface area contributed by atoms with E-state index in [1.54, 1.807) is 0 Å². The highest BCUT2D eigenvalue weighted by molar-refractivity contribution is 5.87. The van der Waals surface area contributed by atoms with Crippen LogP contribution in [0, 0.1) is 6.92 Å². The molecule has 4 heteroatoms. The Bertz CT molecular complexity index is 572. The molecule has 1 aromatic heterocycles. The summed E-state index contributed by atoms with van der Waals surface area (Å²) >= 11 is 0. The summed E-state index contributed by atoms with van der Waals surface area (Å²) in [6.07, 6.45) is 1.41. The molecule has 4 nitrogen and oxygen atoms in total. The SMILES string of the molecule is CCCc1oc(-c2ccccc2C)nc1C(=O)O. The summed E-state index contributed by atoms with van der Waals surface area (Å²) in [7, 11) is 0. The molecule has 0 amide bonds. The van der Waals surface area contributed by atoms with Crippen molar-refractivity contribution in [3.8, 4) is 11.5 Å². The van der Waals surface area contributed by atoms with Gasteiger partial charge in [0, 0.05) is 12.0 Å². The van der Waals surface area contributed by atoms with Crippen molar-refractivity contribution in [3.63, 3.8) is 0 Å². The maximum atomic E-state index is 11.1. The summed E-state index contributed by atoms with van der Waals surface area (Å²) in [5, 5.41) is 9.10. The van der Waals surface area contributed by atoms with E-state index in [9.17, 15) is 4.79 Å². The van der Waals surface area contributed by atoms with Crippen LogP contribution in [0.3, 0.4) is 0 Å². The zero-order valence-electron chi connectivity index (χ0n) is 10.4. The third-order valence-corrected chi connectivity index (χ3v) is 2.75. The van der Waals surface area contributed by atoms with Gasteiger partial charge in [0.25, 0.3) is 0 Å². The number of hydrogen-bond acceptors (Lipinski definition) is 3. The second kappa shape index (κ2) is 5.04. The van der Waals surface area contributed by atoms with E-state index in [2.05, 4.69) is 4.98 Å². The molecule has 0 unspecified atom stereocenters. The maximum Gasteiger partial charge on any atom is 0.358 e. The Hall–Kier alpha value is -2.10. The highest BCUT2D eigenvalue weighted by atomic mass is 16.4. The Kier molecular flexibility index (Phi) is 3.46. The number of aromatic carboxylic acids is 1. The zero-order valence-corrected chi connectivity index (χ0v) is 10.4. The molecule has 0 spiro atoms. The number of hydrogen-bond donors (Lipinski definition) is 1. The normalized spacial score (nSPS) is 10.6. The number of benzene rings is 1. The summed E-state index contributed by atoms with van der Waals surface area (Å²) in [4.78, 5) is 15.2. The van der Waals surface area contributed by atoms with Gasteiger partial charge < -0.3 is 9.52 Å². The second-order valence-corrected chi connectivity index (χ2v) is 4.16. The van der Waals surface area contributed by atoms with E-state index in [0.29, 0.717) is 18.1 Å². The topological polar surface area (TPSA) is 63.3 Å². The van der Waals surface area contributed by atoms with Crippen LogP contribution in [0.25, 0.3) is 11.5 Å². The first kappa shape index (κ1) is 12.4. The number of rotatable bonds is 4. The van der Waals surface area contributed by atoms with Crippen LogP contribution in [0.5, 0.6) is 0 Å². The Balaban J connectivity index is 2.50. The highest BCUT2D eigenvalue weighted by Crippen LogP contribution is 2.25. The van der Waals surface area contributed by atoms with Gasteiger partial charge in [-0.05, 0) is 25.0 Å². The molecule has 0 saturated carbocycles. The van der Waals surface area contributed by atoms with Crippen LogP contribution in [0.2, 0.25) is 0 Å². The molecule has 2 rings (SSSR count). The number of carbonyl (C=O) groups is 1. The van der Waals surface area contributed by atoms with Crippen molar-refractivity contribution >= 4 is 5.97 Å². The molecule has 0 radical (unpaired) electrons. The average Bonchev–Trinajstić information content (AvgIpc) is 2.74. The Morgan fingerprint density at radius 2 is 2.11 bits per heavy atom. The quantitative estimate of drug-likeness (QED) is 0.897. The van der Waals surface area contributed by atoms with Gasteiger partial charge in [-0.1, -0.05) is 25.1 Å². The molecule has 1 heterocycles. The molecule has 0 bridgehead atoms. The number of aromatic nitrogens is 1. The van der Waals surface area contributed by atoms with Gasteiger partial charge in [0.15, 0.2) is 5.69 Å². The van der Waals surface area contributed by atoms with Gasteiger partial charge in [0.2, 0.25) is 5.89 Å². The average molecular weight is 245 g/mol. The molecule has 0 aliphatic rings. The van der Waals surface area contributed by atoms with Crippen LogP contribution in [0.1, 0.15) is 35.2 Å². The van der Waals surface area contributed by atoms with Gasteiger partial charge >= 0.3 is 5.97 Å². The predicted octanol–water partition coefficient (Wildman–Crippen LogP) is 3.30. The lowest BCUT2D eigenvalue weighted by atomic mass is 10.1. The van der Waals surface area contributed by atoms with Crippen LogP contribution >= 0.6 is 0 Å². The lowest BCUT2D eigenvalue weighted by Crippen LogP contribution is -2.00. The first-order valence-electron chi connectivity index (χ1n) is 5.92. The van der Waals surface area contributed by atoms with Crippen LogP contribution in [0.4, 0.5) is 0 Å². The van der Waals surface area contributed by atoms with Gasteiger partial charge in [-0.25, -0.2) is 9.78 Å². The van der Waals surface area contributed by atoms with Crippen molar-refractivity contribution in [1.82, 2.24) is 4.98 Å². The van der Waals surface area contributed by atoms with Gasteiger partial charge in [-0.3, -0.25) is 0 Å². The molecule has 0 aliphatic heterocycles. The van der Waals surface area contributed by atoms with Crippen molar-refractivity contribution in [2.75, 3.05) is 0 Å². The summed E-state index contributed by atoms with van der Waals surface area (Å²) in [6.45, 7) is 3.92. The first-order valence-corrected chi connectivity index (χ1v) is 5.92. The molecule has 1 aromatic carbocycles. The molecule has 94 valence electrons. The van der Waals surface area contributed by atoms with Crippen molar-refractivity contribution in [1.29, 1.82) is 0 Å². The molecular weight excluding hydrogens is 230 g/mol. The summed E-state index contributed by atoms with van der Waals surface area (Å²) in [5.41, 5.74) is 1.87. The molecule has 1 N–H and O–H groups in total.